The molecule has 0 aromatic heterocycles. The van der Waals surface area contributed by atoms with E-state index in [9.17, 15) is 14.7 Å². The second kappa shape index (κ2) is 8.54. The summed E-state index contributed by atoms with van der Waals surface area (Å²) in [5, 5.41) is 13.2. The third-order valence-electron chi connectivity index (χ3n) is 3.91. The van der Waals surface area contributed by atoms with Crippen LogP contribution in [0.2, 0.25) is 0 Å². The van der Waals surface area contributed by atoms with Gasteiger partial charge in [0.2, 0.25) is 0 Å². The summed E-state index contributed by atoms with van der Waals surface area (Å²) in [5.41, 5.74) is 1.84. The summed E-state index contributed by atoms with van der Waals surface area (Å²) < 4.78 is 5.11. The van der Waals surface area contributed by atoms with Gasteiger partial charge in [0, 0.05) is 5.56 Å². The minimum atomic E-state index is -0.978. The molecule has 3 rings (SSSR count). The highest BCUT2D eigenvalue weighted by Crippen LogP contribution is 2.22. The Balaban J connectivity index is 1.62. The number of carboxylic acid groups (broad SMARTS) is 1. The Labute approximate surface area is 156 Å². The number of hydrogen-bond donors (Lipinski definition) is 2. The fourth-order valence-electron chi connectivity index (χ4n) is 2.64. The molecule has 0 saturated heterocycles. The van der Waals surface area contributed by atoms with Crippen LogP contribution >= 0.6 is 0 Å². The molecule has 0 unspecified atom stereocenters. The van der Waals surface area contributed by atoms with E-state index < -0.39 is 12.1 Å². The van der Waals surface area contributed by atoms with Gasteiger partial charge in [0.15, 0.2) is 0 Å². The fourth-order valence-corrected chi connectivity index (χ4v) is 2.64. The molecule has 0 aliphatic rings. The molecule has 0 aliphatic heterocycles. The van der Waals surface area contributed by atoms with Gasteiger partial charge in [-0.3, -0.25) is 0 Å². The number of ether oxygens (including phenoxy) is 1. The van der Waals surface area contributed by atoms with Gasteiger partial charge >= 0.3 is 12.1 Å². The van der Waals surface area contributed by atoms with Crippen molar-refractivity contribution in [3.63, 3.8) is 0 Å². The molecule has 0 atom stereocenters. The fraction of sp³-hybridized carbons (Fsp3) is 0.0909. The summed E-state index contributed by atoms with van der Waals surface area (Å²) >= 11 is 0. The quantitative estimate of drug-likeness (QED) is 0.695. The molecule has 0 spiro atoms. The number of nitrogens with one attached hydrogen (secondary N) is 1. The zero-order chi connectivity index (χ0) is 19.1. The second-order valence-electron chi connectivity index (χ2n) is 5.73. The number of alkyl carbamates (subject to hydrolysis) is 1. The van der Waals surface area contributed by atoms with Crippen molar-refractivity contribution in [2.45, 2.75) is 6.61 Å². The predicted molar refractivity (Wildman–Crippen MR) is 102 cm³/mol. The van der Waals surface area contributed by atoms with Crippen LogP contribution in [0.25, 0.3) is 10.8 Å². The molecule has 0 heterocycles. The maximum Gasteiger partial charge on any atom is 0.408 e. The van der Waals surface area contributed by atoms with E-state index in [0.29, 0.717) is 10.9 Å². The van der Waals surface area contributed by atoms with Crippen LogP contribution in [0.1, 0.15) is 21.5 Å². The Hall–Kier alpha value is -3.78. The van der Waals surface area contributed by atoms with Crippen LogP contribution in [-0.2, 0) is 11.3 Å². The minimum absolute atomic E-state index is 0.128. The molecule has 0 saturated carbocycles. The lowest BCUT2D eigenvalue weighted by Crippen LogP contribution is -2.24. The van der Waals surface area contributed by atoms with Crippen molar-refractivity contribution in [2.75, 3.05) is 6.54 Å². The Morgan fingerprint density at radius 2 is 1.67 bits per heavy atom. The first-order valence-corrected chi connectivity index (χ1v) is 8.33. The van der Waals surface area contributed by atoms with E-state index in [-0.39, 0.29) is 18.7 Å². The predicted octanol–water partition coefficient (Wildman–Crippen LogP) is 3.82. The van der Waals surface area contributed by atoms with Crippen molar-refractivity contribution < 1.29 is 19.4 Å². The summed E-state index contributed by atoms with van der Waals surface area (Å²) in [6, 6.07) is 19.8. The number of aromatic carboxylic acids is 1. The second-order valence-corrected chi connectivity index (χ2v) is 5.73. The molecule has 3 aromatic carbocycles. The molecule has 0 aliphatic carbocycles. The standard InChI is InChI=1S/C22H17NO4/c24-21(25)20-13-5-11-18-17(9-4-12-19(18)20)10-6-14-23-22(26)27-15-16-7-2-1-3-8-16/h1-5,7-9,11-13H,14-15H2,(H,23,26)(H,24,25). The summed E-state index contributed by atoms with van der Waals surface area (Å²) in [7, 11) is 0. The monoisotopic (exact) mass is 359 g/mol. The lowest BCUT2D eigenvalue weighted by molar-refractivity contribution is 0.0699. The highest BCUT2D eigenvalue weighted by atomic mass is 16.5. The zero-order valence-corrected chi connectivity index (χ0v) is 14.4. The summed E-state index contributed by atoms with van der Waals surface area (Å²) in [6.45, 7) is 0.323. The first kappa shape index (κ1) is 18.0. The summed E-state index contributed by atoms with van der Waals surface area (Å²) in [4.78, 5) is 23.0. The van der Waals surface area contributed by atoms with Gasteiger partial charge in [-0.15, -0.1) is 0 Å². The van der Waals surface area contributed by atoms with Crippen molar-refractivity contribution in [1.82, 2.24) is 5.32 Å². The molecule has 0 radical (unpaired) electrons. The highest BCUT2D eigenvalue weighted by Gasteiger charge is 2.09. The number of carboxylic acids is 1. The van der Waals surface area contributed by atoms with E-state index >= 15 is 0 Å². The molecule has 0 fully saturated rings. The zero-order valence-electron chi connectivity index (χ0n) is 14.4. The van der Waals surface area contributed by atoms with Gasteiger partial charge in [0.1, 0.15) is 6.61 Å². The molecule has 3 aromatic rings. The molecule has 0 bridgehead atoms. The van der Waals surface area contributed by atoms with Crippen LogP contribution < -0.4 is 5.32 Å². The van der Waals surface area contributed by atoms with Gasteiger partial charge in [-0.2, -0.15) is 0 Å². The van der Waals surface area contributed by atoms with E-state index in [1.807, 2.05) is 42.5 Å². The van der Waals surface area contributed by atoms with E-state index in [1.54, 1.807) is 24.3 Å². The first-order valence-electron chi connectivity index (χ1n) is 8.33. The molecular formula is C22H17NO4. The number of carbonyl (C=O) groups is 2. The molecule has 2 N–H and O–H groups in total. The minimum Gasteiger partial charge on any atom is -0.478 e. The number of hydrogen-bond acceptors (Lipinski definition) is 3. The largest absolute Gasteiger partial charge is 0.478 e. The summed E-state index contributed by atoms with van der Waals surface area (Å²) in [6.07, 6.45) is -0.542. The molecule has 134 valence electrons. The van der Waals surface area contributed by atoms with Crippen molar-refractivity contribution in [3.8, 4) is 11.8 Å². The van der Waals surface area contributed by atoms with E-state index in [0.717, 1.165) is 10.9 Å². The highest BCUT2D eigenvalue weighted by molar-refractivity contribution is 6.05. The summed E-state index contributed by atoms with van der Waals surface area (Å²) in [5.74, 6) is 4.85. The van der Waals surface area contributed by atoms with Crippen LogP contribution in [0.3, 0.4) is 0 Å². The Morgan fingerprint density at radius 1 is 0.926 bits per heavy atom. The van der Waals surface area contributed by atoms with E-state index in [1.165, 1.54) is 0 Å². The third-order valence-corrected chi connectivity index (χ3v) is 3.91. The van der Waals surface area contributed by atoms with E-state index in [4.69, 9.17) is 4.74 Å². The Kier molecular flexibility index (Phi) is 5.70. The van der Waals surface area contributed by atoms with Gasteiger partial charge < -0.3 is 15.2 Å². The number of rotatable bonds is 4. The van der Waals surface area contributed by atoms with Crippen LogP contribution in [0.15, 0.2) is 66.7 Å². The third kappa shape index (κ3) is 4.65. The molecule has 5 nitrogen and oxygen atoms in total. The Morgan fingerprint density at radius 3 is 2.44 bits per heavy atom. The van der Waals surface area contributed by atoms with Crippen LogP contribution in [0.4, 0.5) is 4.79 Å². The van der Waals surface area contributed by atoms with Crippen molar-refractivity contribution in [2.24, 2.45) is 0 Å². The number of benzene rings is 3. The molecule has 27 heavy (non-hydrogen) atoms. The van der Waals surface area contributed by atoms with Crippen LogP contribution in [-0.4, -0.2) is 23.7 Å². The number of carbonyl (C=O) groups excluding carboxylic acids is 1. The maximum absolute atomic E-state index is 11.7. The van der Waals surface area contributed by atoms with E-state index in [2.05, 4.69) is 17.2 Å². The van der Waals surface area contributed by atoms with Gasteiger partial charge in [0.25, 0.3) is 0 Å². The van der Waals surface area contributed by atoms with Crippen molar-refractivity contribution >= 4 is 22.8 Å². The first-order chi connectivity index (χ1) is 13.1. The number of amides is 1. The topological polar surface area (TPSA) is 75.6 Å². The van der Waals surface area contributed by atoms with Crippen molar-refractivity contribution in [3.05, 3.63) is 83.4 Å². The average molecular weight is 359 g/mol. The van der Waals surface area contributed by atoms with Gasteiger partial charge in [-0.1, -0.05) is 66.4 Å². The van der Waals surface area contributed by atoms with Gasteiger partial charge in [-0.05, 0) is 28.5 Å². The maximum atomic E-state index is 11.7. The number of fused-ring (bicyclic) bond motifs is 1. The average Bonchev–Trinajstić information content (AvgIpc) is 2.70. The van der Waals surface area contributed by atoms with Crippen LogP contribution in [0, 0.1) is 11.8 Å². The molecule has 5 heteroatoms. The lowest BCUT2D eigenvalue weighted by atomic mass is 10.0. The normalized spacial score (nSPS) is 9.93. The SMILES string of the molecule is O=C(NCC#Cc1cccc2c(C(=O)O)cccc12)OCc1ccccc1. The van der Waals surface area contributed by atoms with Crippen molar-refractivity contribution in [1.29, 1.82) is 0 Å². The Bertz CT molecular complexity index is 1030. The van der Waals surface area contributed by atoms with Crippen LogP contribution in [0.5, 0.6) is 0 Å². The lowest BCUT2D eigenvalue weighted by Gasteiger charge is -2.05. The smallest absolute Gasteiger partial charge is 0.408 e. The molecular weight excluding hydrogens is 342 g/mol. The van der Waals surface area contributed by atoms with Gasteiger partial charge in [-0.25, -0.2) is 9.59 Å². The molecule has 1 amide bonds. The van der Waals surface area contributed by atoms with Gasteiger partial charge in [0.05, 0.1) is 12.1 Å².